The third-order valence-electron chi connectivity index (χ3n) is 4.05. The van der Waals surface area contributed by atoms with Gasteiger partial charge >= 0.3 is 0 Å². The van der Waals surface area contributed by atoms with E-state index in [9.17, 15) is 0 Å². The van der Waals surface area contributed by atoms with Crippen LogP contribution in [0.5, 0.6) is 0 Å². The van der Waals surface area contributed by atoms with Crippen molar-refractivity contribution in [2.24, 2.45) is 5.92 Å². The van der Waals surface area contributed by atoms with Crippen LogP contribution in [0.15, 0.2) is 30.6 Å². The van der Waals surface area contributed by atoms with Crippen LogP contribution in [-0.4, -0.2) is 11.0 Å². The zero-order valence-electron chi connectivity index (χ0n) is 10.7. The first-order chi connectivity index (χ1) is 8.75. The lowest BCUT2D eigenvalue weighted by Crippen LogP contribution is -2.21. The summed E-state index contributed by atoms with van der Waals surface area (Å²) in [5.74, 6) is 0.745. The second-order valence-corrected chi connectivity index (χ2v) is 5.28. The highest BCUT2D eigenvalue weighted by atomic mass is 14.9. The van der Waals surface area contributed by atoms with E-state index in [0.29, 0.717) is 6.04 Å². The van der Waals surface area contributed by atoms with Crippen molar-refractivity contribution in [3.8, 4) is 0 Å². The monoisotopic (exact) mass is 241 g/mol. The minimum atomic E-state index is 0.581. The molecule has 1 aliphatic rings. The molecule has 18 heavy (non-hydrogen) atoms. The van der Waals surface area contributed by atoms with Crippen molar-refractivity contribution in [1.29, 1.82) is 0 Å². The fraction of sp³-hybridized carbons (Fsp3) is 0.400. The van der Waals surface area contributed by atoms with Gasteiger partial charge < -0.3 is 11.1 Å². The third-order valence-corrected chi connectivity index (χ3v) is 4.05. The summed E-state index contributed by atoms with van der Waals surface area (Å²) >= 11 is 0. The van der Waals surface area contributed by atoms with Gasteiger partial charge in [-0.2, -0.15) is 0 Å². The molecule has 1 fully saturated rings. The van der Waals surface area contributed by atoms with Gasteiger partial charge in [-0.15, -0.1) is 0 Å². The second-order valence-electron chi connectivity index (χ2n) is 5.28. The van der Waals surface area contributed by atoms with E-state index in [0.717, 1.165) is 28.1 Å². The molecule has 0 bridgehead atoms. The molecule has 1 aromatic heterocycles. The number of nitrogens with two attached hydrogens (primary N) is 1. The van der Waals surface area contributed by atoms with E-state index >= 15 is 0 Å². The van der Waals surface area contributed by atoms with Crippen molar-refractivity contribution in [1.82, 2.24) is 4.98 Å². The van der Waals surface area contributed by atoms with E-state index in [1.807, 2.05) is 18.3 Å². The molecule has 2 aromatic rings. The highest BCUT2D eigenvalue weighted by molar-refractivity contribution is 6.00. The summed E-state index contributed by atoms with van der Waals surface area (Å²) in [5.41, 5.74) is 7.98. The Morgan fingerprint density at radius 1 is 1.22 bits per heavy atom. The average molecular weight is 241 g/mol. The number of hydrogen-bond donors (Lipinski definition) is 2. The third kappa shape index (κ3) is 1.90. The second kappa shape index (κ2) is 4.48. The van der Waals surface area contributed by atoms with E-state index < -0.39 is 0 Å². The molecule has 2 atom stereocenters. The highest BCUT2D eigenvalue weighted by Crippen LogP contribution is 2.32. The Labute approximate surface area is 107 Å². The fourth-order valence-corrected chi connectivity index (χ4v) is 2.90. The van der Waals surface area contributed by atoms with E-state index in [4.69, 9.17) is 5.73 Å². The van der Waals surface area contributed by atoms with Crippen molar-refractivity contribution >= 4 is 22.1 Å². The molecule has 94 valence electrons. The maximum Gasteiger partial charge on any atom is 0.0439 e. The summed E-state index contributed by atoms with van der Waals surface area (Å²) in [7, 11) is 0. The lowest BCUT2D eigenvalue weighted by molar-refractivity contribution is 0.557. The molecule has 0 spiro atoms. The fourth-order valence-electron chi connectivity index (χ4n) is 2.90. The number of aromatic nitrogens is 1. The van der Waals surface area contributed by atoms with Crippen LogP contribution in [0.3, 0.4) is 0 Å². The van der Waals surface area contributed by atoms with E-state index in [1.165, 1.54) is 19.3 Å². The summed E-state index contributed by atoms with van der Waals surface area (Å²) < 4.78 is 0. The lowest BCUT2D eigenvalue weighted by Gasteiger charge is -2.20. The molecule has 1 aromatic carbocycles. The molecular weight excluding hydrogens is 222 g/mol. The van der Waals surface area contributed by atoms with Crippen LogP contribution in [0.4, 0.5) is 11.4 Å². The Morgan fingerprint density at radius 2 is 2.11 bits per heavy atom. The van der Waals surface area contributed by atoms with Crippen molar-refractivity contribution in [3.05, 3.63) is 30.6 Å². The minimum absolute atomic E-state index is 0.581. The number of nitrogens with zero attached hydrogens (tertiary/aromatic N) is 1. The molecule has 3 nitrogen and oxygen atoms in total. The molecule has 0 saturated heterocycles. The van der Waals surface area contributed by atoms with Crippen molar-refractivity contribution in [3.63, 3.8) is 0 Å². The zero-order valence-corrected chi connectivity index (χ0v) is 10.7. The molecule has 3 N–H and O–H groups in total. The van der Waals surface area contributed by atoms with Gasteiger partial charge in [0.1, 0.15) is 0 Å². The first-order valence-electron chi connectivity index (χ1n) is 6.64. The van der Waals surface area contributed by atoms with Gasteiger partial charge in [0.25, 0.3) is 0 Å². The molecule has 1 aliphatic carbocycles. The lowest BCUT2D eigenvalue weighted by atomic mass is 10.0. The molecular formula is C15H19N3. The molecule has 0 radical (unpaired) electrons. The van der Waals surface area contributed by atoms with Crippen LogP contribution >= 0.6 is 0 Å². The number of pyridine rings is 1. The molecule has 3 heteroatoms. The Hall–Kier alpha value is -1.77. The first kappa shape index (κ1) is 11.3. The number of anilines is 2. The number of hydrogen-bond acceptors (Lipinski definition) is 3. The van der Waals surface area contributed by atoms with Gasteiger partial charge in [0, 0.05) is 40.6 Å². The predicted molar refractivity (Wildman–Crippen MR) is 76.6 cm³/mol. The Kier molecular flexibility index (Phi) is 2.82. The average Bonchev–Trinajstić information content (AvgIpc) is 2.79. The zero-order chi connectivity index (χ0) is 12.5. The normalized spacial score (nSPS) is 23.4. The van der Waals surface area contributed by atoms with Crippen molar-refractivity contribution in [2.45, 2.75) is 32.2 Å². The number of rotatable bonds is 2. The standard InChI is InChI=1S/C15H19N3/c1-10-3-2-4-14(10)18-15-6-5-13(16)11-7-8-17-9-12(11)15/h5-10,14,18H,2-4,16H2,1H3. The van der Waals surface area contributed by atoms with Gasteiger partial charge in [0.15, 0.2) is 0 Å². The minimum Gasteiger partial charge on any atom is -0.398 e. The summed E-state index contributed by atoms with van der Waals surface area (Å²) in [6.45, 7) is 2.32. The van der Waals surface area contributed by atoms with Crippen molar-refractivity contribution in [2.75, 3.05) is 11.1 Å². The van der Waals surface area contributed by atoms with Crippen LogP contribution in [0, 0.1) is 5.92 Å². The van der Waals surface area contributed by atoms with Gasteiger partial charge in [-0.1, -0.05) is 13.3 Å². The quantitative estimate of drug-likeness (QED) is 0.792. The Balaban J connectivity index is 1.99. The molecule has 1 heterocycles. The maximum absolute atomic E-state index is 6.00. The number of nitrogen functional groups attached to an aromatic ring is 1. The van der Waals surface area contributed by atoms with Crippen LogP contribution in [0.25, 0.3) is 10.8 Å². The number of benzene rings is 1. The van der Waals surface area contributed by atoms with Gasteiger partial charge in [0.05, 0.1) is 0 Å². The smallest absolute Gasteiger partial charge is 0.0439 e. The van der Waals surface area contributed by atoms with Crippen LogP contribution in [-0.2, 0) is 0 Å². The summed E-state index contributed by atoms with van der Waals surface area (Å²) in [6.07, 6.45) is 7.59. The SMILES string of the molecule is CC1CCCC1Nc1ccc(N)c2ccncc12. The molecule has 0 aliphatic heterocycles. The van der Waals surface area contributed by atoms with Crippen molar-refractivity contribution < 1.29 is 0 Å². The van der Waals surface area contributed by atoms with E-state index in [1.54, 1.807) is 6.20 Å². The van der Waals surface area contributed by atoms with Crippen LogP contribution in [0.2, 0.25) is 0 Å². The van der Waals surface area contributed by atoms with Gasteiger partial charge in [-0.25, -0.2) is 0 Å². The number of nitrogens with one attached hydrogen (secondary N) is 1. The number of fused-ring (bicyclic) bond motifs is 1. The largest absolute Gasteiger partial charge is 0.398 e. The summed E-state index contributed by atoms with van der Waals surface area (Å²) in [5, 5.41) is 5.87. The Bertz CT molecular complexity index is 565. The summed E-state index contributed by atoms with van der Waals surface area (Å²) in [6, 6.07) is 6.61. The Morgan fingerprint density at radius 3 is 2.89 bits per heavy atom. The van der Waals surface area contributed by atoms with Crippen LogP contribution in [0.1, 0.15) is 26.2 Å². The van der Waals surface area contributed by atoms with E-state index in [-0.39, 0.29) is 0 Å². The summed E-state index contributed by atoms with van der Waals surface area (Å²) in [4.78, 5) is 4.21. The van der Waals surface area contributed by atoms with Gasteiger partial charge in [-0.05, 0) is 37.0 Å². The van der Waals surface area contributed by atoms with E-state index in [2.05, 4.69) is 23.3 Å². The molecule has 1 saturated carbocycles. The topological polar surface area (TPSA) is 50.9 Å². The van der Waals surface area contributed by atoms with Gasteiger partial charge in [-0.3, -0.25) is 4.98 Å². The maximum atomic E-state index is 6.00. The van der Waals surface area contributed by atoms with Gasteiger partial charge in [0.2, 0.25) is 0 Å². The molecule has 3 rings (SSSR count). The molecule has 2 unspecified atom stereocenters. The highest BCUT2D eigenvalue weighted by Gasteiger charge is 2.23. The van der Waals surface area contributed by atoms with Crippen LogP contribution < -0.4 is 11.1 Å². The first-order valence-corrected chi connectivity index (χ1v) is 6.64. The predicted octanol–water partition coefficient (Wildman–Crippen LogP) is 3.42. The molecule has 0 amide bonds.